The molecule has 1 aromatic rings. The zero-order chi connectivity index (χ0) is 45.9. The van der Waals surface area contributed by atoms with Crippen LogP contribution in [-0.2, 0) is 54.0 Å². The van der Waals surface area contributed by atoms with Crippen molar-refractivity contribution in [1.82, 2.24) is 10.2 Å². The number of nitrogens with zero attached hydrogens (tertiary/aromatic N) is 1. The summed E-state index contributed by atoms with van der Waals surface area (Å²) in [5.74, 6) is -2.73. The molecule has 354 valence electrons. The summed E-state index contributed by atoms with van der Waals surface area (Å²) in [6.07, 6.45) is -8.18. The summed E-state index contributed by atoms with van der Waals surface area (Å²) >= 11 is 0. The molecule has 5 rings (SSSR count). The predicted octanol–water partition coefficient (Wildman–Crippen LogP) is 4.33. The second kappa shape index (κ2) is 20.4. The van der Waals surface area contributed by atoms with Crippen LogP contribution in [0.5, 0.6) is 0 Å². The van der Waals surface area contributed by atoms with Gasteiger partial charge in [-0.1, -0.05) is 51.1 Å². The Labute approximate surface area is 368 Å². The number of aliphatic hydroxyl groups excluding tert-OH is 1. The number of aliphatic hydroxyl groups is 3. The lowest BCUT2D eigenvalue weighted by Gasteiger charge is -2.49. The molecule has 1 spiro atoms. The van der Waals surface area contributed by atoms with Gasteiger partial charge in [0, 0.05) is 25.5 Å². The summed E-state index contributed by atoms with van der Waals surface area (Å²) < 4.78 is 56.6. The highest BCUT2D eigenvalue weighted by Crippen LogP contribution is 2.51. The molecule has 4 aliphatic rings. The molecular weight excluding hydrogens is 805 g/mol. The Morgan fingerprint density at radius 2 is 1.63 bits per heavy atom. The second-order valence-corrected chi connectivity index (χ2v) is 19.4. The third-order valence-corrected chi connectivity index (χ3v) is 14.0. The predicted molar refractivity (Wildman–Crippen MR) is 228 cm³/mol. The Kier molecular flexibility index (Phi) is 16.6. The lowest BCUT2D eigenvalue weighted by Crippen LogP contribution is -2.62. The zero-order valence-corrected chi connectivity index (χ0v) is 39.2. The van der Waals surface area contributed by atoms with Crippen molar-refractivity contribution in [2.75, 3.05) is 34.4 Å². The van der Waals surface area contributed by atoms with Gasteiger partial charge >= 0.3 is 12.1 Å². The molecule has 4 aliphatic heterocycles. The van der Waals surface area contributed by atoms with Crippen molar-refractivity contribution in [3.8, 4) is 0 Å². The van der Waals surface area contributed by atoms with Crippen LogP contribution < -0.4 is 5.32 Å². The van der Waals surface area contributed by atoms with Gasteiger partial charge in [-0.25, -0.2) is 4.79 Å². The fraction of sp³-hybridized carbons (Fsp3) is 0.826. The Morgan fingerprint density at radius 3 is 2.23 bits per heavy atom. The van der Waals surface area contributed by atoms with Gasteiger partial charge in [0.1, 0.15) is 35.6 Å². The van der Waals surface area contributed by atoms with Crippen LogP contribution in [0.1, 0.15) is 100 Å². The van der Waals surface area contributed by atoms with Gasteiger partial charge in [-0.2, -0.15) is 0 Å². The Balaban J connectivity index is 1.56. The van der Waals surface area contributed by atoms with Crippen LogP contribution in [-0.4, -0.2) is 156 Å². The van der Waals surface area contributed by atoms with E-state index in [9.17, 15) is 24.9 Å². The number of rotatable bonds is 10. The van der Waals surface area contributed by atoms with Gasteiger partial charge in [0.05, 0.1) is 48.6 Å². The smallest absolute Gasteiger partial charge is 0.459 e. The normalized spacial score (nSPS) is 44.8. The Hall–Kier alpha value is -2.48. The maximum Gasteiger partial charge on any atom is 0.509 e. The standard InChI is InChI=1S/C46H76N2O14/c1-14-34-45(10,53)38(49)30(6)47-23-26(2)21-43(8,52)39(28(4)36(29(5)40(50)59-34)60-35-22-44(9,54-13)46(25-56-46)31(7)58-35)62-41-37(33(48(11)12)20-27(3)57-41)61-42(51)55-24-32-18-16-15-17-19-32/h15-19,26-31,33-39,41,47,49,52-53H,14,20-25H2,1-13H3/t26-,27-,28+,29-,30-,31+,33+,34?,35+,36+,37-,38-,39-,41+,43-,44-,45-,46+/m1/s1. The third-order valence-electron chi connectivity index (χ3n) is 14.0. The fourth-order valence-corrected chi connectivity index (χ4v) is 10.0. The molecular formula is C46H76N2O14. The summed E-state index contributed by atoms with van der Waals surface area (Å²) in [5.41, 5.74) is -4.12. The molecule has 0 aromatic heterocycles. The molecule has 4 N–H and O–H groups in total. The van der Waals surface area contributed by atoms with Crippen molar-refractivity contribution >= 4 is 12.1 Å². The molecule has 4 fully saturated rings. The molecule has 4 heterocycles. The first-order chi connectivity index (χ1) is 29.0. The van der Waals surface area contributed by atoms with Crippen molar-refractivity contribution in [3.63, 3.8) is 0 Å². The van der Waals surface area contributed by atoms with Crippen molar-refractivity contribution in [2.45, 2.75) is 191 Å². The molecule has 0 amide bonds. The van der Waals surface area contributed by atoms with Gasteiger partial charge in [0.15, 0.2) is 18.7 Å². The van der Waals surface area contributed by atoms with Gasteiger partial charge in [0.2, 0.25) is 0 Å². The van der Waals surface area contributed by atoms with E-state index in [2.05, 4.69) is 5.32 Å². The highest BCUT2D eigenvalue weighted by molar-refractivity contribution is 5.73. The van der Waals surface area contributed by atoms with Crippen LogP contribution in [0, 0.1) is 17.8 Å². The van der Waals surface area contributed by atoms with Crippen molar-refractivity contribution in [1.29, 1.82) is 0 Å². The van der Waals surface area contributed by atoms with Crippen molar-refractivity contribution in [3.05, 3.63) is 35.9 Å². The summed E-state index contributed by atoms with van der Waals surface area (Å²) in [6.45, 7) is 18.7. The van der Waals surface area contributed by atoms with Crippen LogP contribution in [0.2, 0.25) is 0 Å². The van der Waals surface area contributed by atoms with Gasteiger partial charge in [-0.15, -0.1) is 0 Å². The molecule has 16 heteroatoms. The second-order valence-electron chi connectivity index (χ2n) is 19.4. The minimum Gasteiger partial charge on any atom is -0.459 e. The minimum atomic E-state index is -1.82. The number of carbonyl (C=O) groups excluding carboxylic acids is 2. The highest BCUT2D eigenvalue weighted by atomic mass is 16.8. The average Bonchev–Trinajstić information content (AvgIpc) is 4.04. The average molecular weight is 881 g/mol. The number of ether oxygens (including phenoxy) is 9. The lowest BCUT2D eigenvalue weighted by atomic mass is 9.77. The molecule has 1 unspecified atom stereocenters. The van der Waals surface area contributed by atoms with Crippen molar-refractivity contribution in [2.24, 2.45) is 17.8 Å². The number of benzene rings is 1. The van der Waals surface area contributed by atoms with Crippen molar-refractivity contribution < 1.29 is 67.5 Å². The first kappa shape index (κ1) is 50.5. The van der Waals surface area contributed by atoms with Crippen LogP contribution in [0.25, 0.3) is 0 Å². The van der Waals surface area contributed by atoms with E-state index < -0.39 is 102 Å². The lowest BCUT2D eigenvalue weighted by molar-refractivity contribution is -0.315. The van der Waals surface area contributed by atoms with E-state index in [4.69, 9.17) is 42.6 Å². The van der Waals surface area contributed by atoms with Crippen LogP contribution in [0.15, 0.2) is 30.3 Å². The number of cyclic esters (lactones) is 1. The molecule has 16 nitrogen and oxygen atoms in total. The van der Waals surface area contributed by atoms with Gasteiger partial charge < -0.3 is 68.2 Å². The number of likely N-dealkylation sites (N-methyl/N-ethyl adjacent to an activating group) is 1. The van der Waals surface area contributed by atoms with E-state index in [0.717, 1.165) is 5.56 Å². The van der Waals surface area contributed by atoms with E-state index in [1.165, 1.54) is 6.92 Å². The molecule has 62 heavy (non-hydrogen) atoms. The molecule has 18 atom stereocenters. The fourth-order valence-electron chi connectivity index (χ4n) is 10.0. The van der Waals surface area contributed by atoms with E-state index in [0.29, 0.717) is 19.6 Å². The molecule has 0 radical (unpaired) electrons. The quantitative estimate of drug-likeness (QED) is 0.191. The molecule has 1 aromatic carbocycles. The molecule has 0 aliphatic carbocycles. The number of nitrogens with one attached hydrogen (secondary N) is 1. The van der Waals surface area contributed by atoms with Crippen LogP contribution >= 0.6 is 0 Å². The maximum atomic E-state index is 14.5. The summed E-state index contributed by atoms with van der Waals surface area (Å²) in [7, 11) is 5.39. The summed E-state index contributed by atoms with van der Waals surface area (Å²) in [5, 5.41) is 39.3. The van der Waals surface area contributed by atoms with Gasteiger partial charge in [-0.05, 0) is 99.9 Å². The van der Waals surface area contributed by atoms with E-state index >= 15 is 0 Å². The maximum absolute atomic E-state index is 14.5. The summed E-state index contributed by atoms with van der Waals surface area (Å²) in [4.78, 5) is 29.8. The number of hydrogen-bond acceptors (Lipinski definition) is 16. The highest BCUT2D eigenvalue weighted by Gasteiger charge is 2.67. The Morgan fingerprint density at radius 1 is 0.968 bits per heavy atom. The largest absolute Gasteiger partial charge is 0.509 e. The number of epoxide rings is 1. The number of carbonyl (C=O) groups is 2. The van der Waals surface area contributed by atoms with Gasteiger partial charge in [-0.3, -0.25) is 4.79 Å². The molecule has 0 saturated carbocycles. The minimum absolute atomic E-state index is 0.00368. The monoisotopic (exact) mass is 881 g/mol. The van der Waals surface area contributed by atoms with E-state index in [-0.39, 0.29) is 43.9 Å². The van der Waals surface area contributed by atoms with Gasteiger partial charge in [0.25, 0.3) is 0 Å². The molecule has 0 bridgehead atoms. The van der Waals surface area contributed by atoms with E-state index in [1.807, 2.05) is 83.9 Å². The first-order valence-electron chi connectivity index (χ1n) is 22.4. The molecule has 4 saturated heterocycles. The number of hydrogen-bond donors (Lipinski definition) is 4. The van der Waals surface area contributed by atoms with Crippen LogP contribution in [0.4, 0.5) is 4.79 Å². The third kappa shape index (κ3) is 11.1. The zero-order valence-electron chi connectivity index (χ0n) is 39.2. The SMILES string of the molecule is CCC1OC(=O)[C@H](C)[C@@H](O[C@H]2C[C@@](C)(OC)[C@]3(CO3)[C@H](C)O2)[C@H](C)[C@@H](O[C@@H]2O[C@H](C)C[C@H](N(C)C)[C@H]2OC(=O)OCc2ccccc2)[C@](C)(O)C[C@@H](C)CN[C@H](C)[C@@H](O)[C@]1(C)O. The van der Waals surface area contributed by atoms with E-state index in [1.54, 1.807) is 34.8 Å². The topological polar surface area (TPSA) is 196 Å². The number of methoxy groups -OCH3 is 1. The Bertz CT molecular complexity index is 1610. The summed E-state index contributed by atoms with van der Waals surface area (Å²) in [6, 6.07) is 8.29. The first-order valence-corrected chi connectivity index (χ1v) is 22.4. The van der Waals surface area contributed by atoms with Crippen LogP contribution in [0.3, 0.4) is 0 Å². The number of esters is 1.